The van der Waals surface area contributed by atoms with Crippen molar-refractivity contribution >= 4 is 22.0 Å². The molecular formula is C18H32BrNO3. The number of hydrogen-bond acceptors (Lipinski definition) is 3. The van der Waals surface area contributed by atoms with E-state index in [0.717, 1.165) is 43.5 Å². The van der Waals surface area contributed by atoms with Crippen LogP contribution in [0.1, 0.15) is 66.2 Å². The third-order valence-electron chi connectivity index (χ3n) is 4.74. The first-order chi connectivity index (χ1) is 10.7. The highest BCUT2D eigenvalue weighted by Gasteiger charge is 2.41. The zero-order valence-electron chi connectivity index (χ0n) is 15.1. The predicted molar refractivity (Wildman–Crippen MR) is 96.1 cm³/mol. The molecule has 1 aliphatic carbocycles. The zero-order valence-corrected chi connectivity index (χ0v) is 16.7. The van der Waals surface area contributed by atoms with Crippen LogP contribution in [0.5, 0.6) is 0 Å². The number of likely N-dealkylation sites (tertiary alicyclic amines) is 1. The average molecular weight is 390 g/mol. The number of rotatable bonds is 3. The van der Waals surface area contributed by atoms with Crippen molar-refractivity contribution in [2.24, 2.45) is 5.92 Å². The van der Waals surface area contributed by atoms with Gasteiger partial charge in [-0.2, -0.15) is 0 Å². The second-order valence-electron chi connectivity index (χ2n) is 8.33. The smallest absolute Gasteiger partial charge is 0.410 e. The van der Waals surface area contributed by atoms with Crippen molar-refractivity contribution in [2.75, 3.05) is 18.4 Å². The van der Waals surface area contributed by atoms with Gasteiger partial charge in [-0.15, -0.1) is 0 Å². The Morgan fingerprint density at radius 1 is 1.30 bits per heavy atom. The van der Waals surface area contributed by atoms with E-state index in [1.54, 1.807) is 0 Å². The van der Waals surface area contributed by atoms with E-state index in [9.17, 15) is 4.79 Å². The molecule has 0 aromatic rings. The Hall–Kier alpha value is -0.290. The molecule has 0 N–H and O–H groups in total. The third-order valence-corrected chi connectivity index (χ3v) is 5.76. The second kappa shape index (κ2) is 7.73. The van der Waals surface area contributed by atoms with Gasteiger partial charge < -0.3 is 14.4 Å². The molecule has 2 fully saturated rings. The lowest BCUT2D eigenvalue weighted by Crippen LogP contribution is -2.55. The highest BCUT2D eigenvalue weighted by molar-refractivity contribution is 9.09. The molecule has 1 saturated carbocycles. The Kier molecular flexibility index (Phi) is 6.40. The number of alkyl halides is 1. The Bertz CT molecular complexity index is 410. The predicted octanol–water partition coefficient (Wildman–Crippen LogP) is 4.75. The van der Waals surface area contributed by atoms with Gasteiger partial charge in [0.05, 0.1) is 18.2 Å². The molecule has 1 heterocycles. The van der Waals surface area contributed by atoms with Crippen molar-refractivity contribution in [3.63, 3.8) is 0 Å². The largest absolute Gasteiger partial charge is 0.444 e. The molecule has 1 amide bonds. The molecule has 134 valence electrons. The van der Waals surface area contributed by atoms with Crippen molar-refractivity contribution in [3.05, 3.63) is 0 Å². The summed E-state index contributed by atoms with van der Waals surface area (Å²) in [5.41, 5.74) is -0.720. The van der Waals surface area contributed by atoms with Crippen LogP contribution in [0.15, 0.2) is 0 Å². The van der Waals surface area contributed by atoms with E-state index < -0.39 is 5.60 Å². The lowest BCUT2D eigenvalue weighted by molar-refractivity contribution is -0.126. The van der Waals surface area contributed by atoms with Crippen LogP contribution in [0.4, 0.5) is 4.79 Å². The van der Waals surface area contributed by atoms with Gasteiger partial charge in [0.25, 0.3) is 0 Å². The molecule has 0 radical (unpaired) electrons. The molecule has 0 aromatic heterocycles. The molecular weight excluding hydrogens is 358 g/mol. The van der Waals surface area contributed by atoms with E-state index >= 15 is 0 Å². The molecule has 5 heteroatoms. The van der Waals surface area contributed by atoms with E-state index in [2.05, 4.69) is 22.9 Å². The lowest BCUT2D eigenvalue weighted by Gasteiger charge is -2.44. The summed E-state index contributed by atoms with van der Waals surface area (Å²) >= 11 is 3.64. The maximum Gasteiger partial charge on any atom is 0.410 e. The zero-order chi connectivity index (χ0) is 17.1. The first-order valence-electron chi connectivity index (χ1n) is 8.95. The maximum absolute atomic E-state index is 12.4. The monoisotopic (exact) mass is 389 g/mol. The number of amides is 1. The van der Waals surface area contributed by atoms with Gasteiger partial charge in [0.2, 0.25) is 0 Å². The maximum atomic E-state index is 12.4. The van der Waals surface area contributed by atoms with Crippen LogP contribution in [0, 0.1) is 5.92 Å². The number of carbonyl (C=O) groups is 1. The summed E-state index contributed by atoms with van der Waals surface area (Å²) in [5.74, 6) is 0.742. The fraction of sp³-hybridized carbons (Fsp3) is 0.944. The Morgan fingerprint density at radius 2 is 2.04 bits per heavy atom. The number of carbonyl (C=O) groups excluding carboxylic acids is 1. The van der Waals surface area contributed by atoms with Crippen molar-refractivity contribution in [3.8, 4) is 0 Å². The fourth-order valence-electron chi connectivity index (χ4n) is 3.66. The minimum Gasteiger partial charge on any atom is -0.444 e. The SMILES string of the molecule is CC1CCCC(OC2(CBr)CCCN(C(=O)OC(C)(C)C)C2)C1. The summed E-state index contributed by atoms with van der Waals surface area (Å²) in [7, 11) is 0. The van der Waals surface area contributed by atoms with Gasteiger partial charge in [0.1, 0.15) is 5.60 Å². The van der Waals surface area contributed by atoms with Crippen molar-refractivity contribution in [2.45, 2.75) is 83.5 Å². The second-order valence-corrected chi connectivity index (χ2v) is 8.89. The van der Waals surface area contributed by atoms with Crippen molar-refractivity contribution in [1.82, 2.24) is 4.90 Å². The molecule has 0 spiro atoms. The van der Waals surface area contributed by atoms with Crippen LogP contribution in [0.3, 0.4) is 0 Å². The number of halogens is 1. The molecule has 0 bridgehead atoms. The molecule has 4 nitrogen and oxygen atoms in total. The van der Waals surface area contributed by atoms with Crippen LogP contribution in [0.25, 0.3) is 0 Å². The highest BCUT2D eigenvalue weighted by atomic mass is 79.9. The molecule has 2 aliphatic rings. The molecule has 3 unspecified atom stereocenters. The number of piperidine rings is 1. The van der Waals surface area contributed by atoms with Crippen molar-refractivity contribution < 1.29 is 14.3 Å². The fourth-order valence-corrected chi connectivity index (χ4v) is 4.25. The topological polar surface area (TPSA) is 38.8 Å². The van der Waals surface area contributed by atoms with E-state index in [-0.39, 0.29) is 11.7 Å². The summed E-state index contributed by atoms with van der Waals surface area (Å²) in [6.45, 7) is 9.42. The average Bonchev–Trinajstić information content (AvgIpc) is 2.46. The summed E-state index contributed by atoms with van der Waals surface area (Å²) < 4.78 is 12.1. The van der Waals surface area contributed by atoms with Crippen LogP contribution in [-0.4, -0.2) is 46.7 Å². The van der Waals surface area contributed by atoms with Gasteiger partial charge in [-0.05, 0) is 52.4 Å². The van der Waals surface area contributed by atoms with Gasteiger partial charge in [-0.1, -0.05) is 35.7 Å². The summed E-state index contributed by atoms with van der Waals surface area (Å²) in [4.78, 5) is 14.2. The van der Waals surface area contributed by atoms with Gasteiger partial charge >= 0.3 is 6.09 Å². The number of nitrogens with zero attached hydrogens (tertiary/aromatic N) is 1. The van der Waals surface area contributed by atoms with Gasteiger partial charge in [0, 0.05) is 11.9 Å². The lowest BCUT2D eigenvalue weighted by atomic mass is 9.87. The number of ether oxygens (including phenoxy) is 2. The standard InChI is InChI=1S/C18H32BrNO3/c1-14-7-5-8-15(11-14)22-18(12-19)9-6-10-20(13-18)16(21)23-17(2,3)4/h14-15H,5-13H2,1-4H3. The quantitative estimate of drug-likeness (QED) is 0.653. The Balaban J connectivity index is 1.99. The van der Waals surface area contributed by atoms with Crippen LogP contribution in [0.2, 0.25) is 0 Å². The summed E-state index contributed by atoms with van der Waals surface area (Å²) in [5, 5.41) is 0.768. The normalized spacial score (nSPS) is 32.7. The van der Waals surface area contributed by atoms with Gasteiger partial charge in [0.15, 0.2) is 0 Å². The molecule has 1 saturated heterocycles. The van der Waals surface area contributed by atoms with Crippen molar-refractivity contribution in [1.29, 1.82) is 0 Å². The minimum atomic E-state index is -0.453. The Labute approximate surface area is 149 Å². The Morgan fingerprint density at radius 3 is 2.65 bits per heavy atom. The van der Waals surface area contributed by atoms with Gasteiger partial charge in [-0.25, -0.2) is 4.79 Å². The molecule has 1 aliphatic heterocycles. The van der Waals surface area contributed by atoms with Crippen LogP contribution < -0.4 is 0 Å². The molecule has 3 atom stereocenters. The third kappa shape index (κ3) is 5.63. The first kappa shape index (κ1) is 19.0. The highest BCUT2D eigenvalue weighted by Crippen LogP contribution is 2.34. The van der Waals surface area contributed by atoms with E-state index in [1.165, 1.54) is 12.8 Å². The van der Waals surface area contributed by atoms with E-state index in [0.29, 0.717) is 12.6 Å². The number of hydrogen-bond donors (Lipinski definition) is 0. The molecule has 23 heavy (non-hydrogen) atoms. The van der Waals surface area contributed by atoms with Gasteiger partial charge in [-0.3, -0.25) is 0 Å². The van der Waals surface area contributed by atoms with E-state index in [4.69, 9.17) is 9.47 Å². The first-order valence-corrected chi connectivity index (χ1v) is 10.1. The minimum absolute atomic E-state index is 0.219. The van der Waals surface area contributed by atoms with E-state index in [1.807, 2.05) is 25.7 Å². The molecule has 2 rings (SSSR count). The molecule has 0 aromatic carbocycles. The summed E-state index contributed by atoms with van der Waals surface area (Å²) in [6, 6.07) is 0. The van der Waals surface area contributed by atoms with Crippen LogP contribution in [-0.2, 0) is 9.47 Å². The summed E-state index contributed by atoms with van der Waals surface area (Å²) in [6.07, 6.45) is 6.92. The van der Waals surface area contributed by atoms with Crippen LogP contribution >= 0.6 is 15.9 Å².